The number of hydrogen-bond acceptors (Lipinski definition) is 3. The van der Waals surface area contributed by atoms with Crippen molar-refractivity contribution in [1.82, 2.24) is 5.32 Å². The minimum atomic E-state index is -0.502. The maximum absolute atomic E-state index is 11.7. The molecule has 1 amide bonds. The summed E-state index contributed by atoms with van der Waals surface area (Å²) < 4.78 is 5.46. The fourth-order valence-electron chi connectivity index (χ4n) is 2.61. The third kappa shape index (κ3) is 3.32. The SMILES string of the molecule is C[C@@H](N)C(=O)NCC1(c2ccccc2Cl)CCOCC1. The monoisotopic (exact) mass is 296 g/mol. The number of ether oxygens (including phenoxy) is 1. The number of amides is 1. The summed E-state index contributed by atoms with van der Waals surface area (Å²) in [5.41, 5.74) is 6.51. The molecule has 20 heavy (non-hydrogen) atoms. The van der Waals surface area contributed by atoms with Gasteiger partial charge >= 0.3 is 0 Å². The Balaban J connectivity index is 2.22. The van der Waals surface area contributed by atoms with Crippen molar-refractivity contribution in [2.75, 3.05) is 19.8 Å². The third-order valence-electron chi connectivity index (χ3n) is 3.91. The van der Waals surface area contributed by atoms with Crippen molar-refractivity contribution < 1.29 is 9.53 Å². The van der Waals surface area contributed by atoms with Gasteiger partial charge in [-0.2, -0.15) is 0 Å². The Hall–Kier alpha value is -1.10. The van der Waals surface area contributed by atoms with Crippen LogP contribution in [0.15, 0.2) is 24.3 Å². The van der Waals surface area contributed by atoms with E-state index in [2.05, 4.69) is 5.32 Å². The topological polar surface area (TPSA) is 64.4 Å². The lowest BCUT2D eigenvalue weighted by Gasteiger charge is -2.38. The van der Waals surface area contributed by atoms with Crippen LogP contribution in [0.5, 0.6) is 0 Å². The van der Waals surface area contributed by atoms with E-state index in [-0.39, 0.29) is 11.3 Å². The molecule has 0 unspecified atom stereocenters. The molecule has 1 aliphatic heterocycles. The van der Waals surface area contributed by atoms with E-state index in [0.717, 1.165) is 23.4 Å². The van der Waals surface area contributed by atoms with Crippen LogP contribution in [0.25, 0.3) is 0 Å². The van der Waals surface area contributed by atoms with Gasteiger partial charge in [-0.25, -0.2) is 0 Å². The summed E-state index contributed by atoms with van der Waals surface area (Å²) in [6.07, 6.45) is 1.69. The van der Waals surface area contributed by atoms with Crippen LogP contribution in [-0.2, 0) is 14.9 Å². The van der Waals surface area contributed by atoms with E-state index in [1.807, 2.05) is 24.3 Å². The molecular formula is C15H21ClN2O2. The van der Waals surface area contributed by atoms with Crippen LogP contribution in [0, 0.1) is 0 Å². The molecule has 1 fully saturated rings. The molecule has 1 aromatic rings. The first-order chi connectivity index (χ1) is 9.55. The van der Waals surface area contributed by atoms with E-state index < -0.39 is 6.04 Å². The van der Waals surface area contributed by atoms with E-state index in [1.54, 1.807) is 6.92 Å². The number of nitrogens with one attached hydrogen (secondary N) is 1. The number of carbonyl (C=O) groups is 1. The number of nitrogens with two attached hydrogens (primary N) is 1. The van der Waals surface area contributed by atoms with Crippen molar-refractivity contribution in [3.8, 4) is 0 Å². The highest BCUT2D eigenvalue weighted by molar-refractivity contribution is 6.31. The van der Waals surface area contributed by atoms with Gasteiger partial charge < -0.3 is 15.8 Å². The summed E-state index contributed by atoms with van der Waals surface area (Å²) in [5, 5.41) is 3.68. The van der Waals surface area contributed by atoms with Gasteiger partial charge in [0.1, 0.15) is 0 Å². The first-order valence-corrected chi connectivity index (χ1v) is 7.29. The van der Waals surface area contributed by atoms with Gasteiger partial charge in [-0.3, -0.25) is 4.79 Å². The predicted octanol–water partition coefficient (Wildman–Crippen LogP) is 1.85. The molecule has 0 radical (unpaired) electrons. The molecule has 1 heterocycles. The Morgan fingerprint density at radius 1 is 1.45 bits per heavy atom. The number of carbonyl (C=O) groups excluding carboxylic acids is 1. The van der Waals surface area contributed by atoms with Gasteiger partial charge in [0, 0.05) is 30.2 Å². The van der Waals surface area contributed by atoms with Gasteiger partial charge in [-0.1, -0.05) is 29.8 Å². The third-order valence-corrected chi connectivity index (χ3v) is 4.24. The standard InChI is InChI=1S/C15H21ClN2O2/c1-11(17)14(19)18-10-15(6-8-20-9-7-15)12-4-2-3-5-13(12)16/h2-5,11H,6-10,17H2,1H3,(H,18,19)/t11-/m1/s1. The highest BCUT2D eigenvalue weighted by atomic mass is 35.5. The molecule has 4 nitrogen and oxygen atoms in total. The Kier molecular flexibility index (Phi) is 5.02. The van der Waals surface area contributed by atoms with E-state index in [9.17, 15) is 4.79 Å². The molecule has 1 aromatic carbocycles. The Morgan fingerprint density at radius 2 is 2.10 bits per heavy atom. The van der Waals surface area contributed by atoms with Crippen LogP contribution in [0.3, 0.4) is 0 Å². The van der Waals surface area contributed by atoms with Gasteiger partial charge in [0.05, 0.1) is 6.04 Å². The zero-order chi connectivity index (χ0) is 14.6. The molecule has 0 aliphatic carbocycles. The second-order valence-electron chi connectivity index (χ2n) is 5.38. The van der Waals surface area contributed by atoms with E-state index in [4.69, 9.17) is 22.1 Å². The summed E-state index contributed by atoms with van der Waals surface area (Å²) in [6, 6.07) is 7.32. The molecular weight excluding hydrogens is 276 g/mol. The normalized spacial score (nSPS) is 19.4. The minimum absolute atomic E-state index is 0.136. The van der Waals surface area contributed by atoms with Crippen LogP contribution in [-0.4, -0.2) is 31.7 Å². The van der Waals surface area contributed by atoms with Gasteiger partial charge in [0.25, 0.3) is 0 Å². The summed E-state index contributed by atoms with van der Waals surface area (Å²) in [4.78, 5) is 11.7. The molecule has 2 rings (SSSR count). The molecule has 1 aliphatic rings. The van der Waals surface area contributed by atoms with Gasteiger partial charge in [0.2, 0.25) is 5.91 Å². The molecule has 0 saturated carbocycles. The molecule has 5 heteroatoms. The molecule has 3 N–H and O–H groups in total. The zero-order valence-corrected chi connectivity index (χ0v) is 12.5. The molecule has 110 valence electrons. The highest BCUT2D eigenvalue weighted by Gasteiger charge is 2.36. The van der Waals surface area contributed by atoms with Crippen LogP contribution < -0.4 is 11.1 Å². The van der Waals surface area contributed by atoms with Crippen molar-refractivity contribution >= 4 is 17.5 Å². The van der Waals surface area contributed by atoms with Crippen LogP contribution >= 0.6 is 11.6 Å². The second kappa shape index (κ2) is 6.57. The van der Waals surface area contributed by atoms with Gasteiger partial charge in [0.15, 0.2) is 0 Å². The van der Waals surface area contributed by atoms with Gasteiger partial charge in [-0.05, 0) is 31.4 Å². The molecule has 1 saturated heterocycles. The van der Waals surface area contributed by atoms with Gasteiger partial charge in [-0.15, -0.1) is 0 Å². The number of benzene rings is 1. The summed E-state index contributed by atoms with van der Waals surface area (Å²) in [7, 11) is 0. The Labute approximate surface area is 124 Å². The maximum atomic E-state index is 11.7. The van der Waals surface area contributed by atoms with Crippen LogP contribution in [0.2, 0.25) is 5.02 Å². The first-order valence-electron chi connectivity index (χ1n) is 6.91. The highest BCUT2D eigenvalue weighted by Crippen LogP contribution is 2.38. The Bertz CT molecular complexity index is 471. The minimum Gasteiger partial charge on any atom is -0.381 e. The van der Waals surface area contributed by atoms with Crippen LogP contribution in [0.1, 0.15) is 25.3 Å². The van der Waals surface area contributed by atoms with Crippen LogP contribution in [0.4, 0.5) is 0 Å². The molecule has 0 aromatic heterocycles. The average Bonchev–Trinajstić information content (AvgIpc) is 2.46. The second-order valence-corrected chi connectivity index (χ2v) is 5.79. The zero-order valence-electron chi connectivity index (χ0n) is 11.7. The number of halogens is 1. The lowest BCUT2D eigenvalue weighted by molar-refractivity contribution is -0.122. The van der Waals surface area contributed by atoms with Crippen molar-refractivity contribution in [2.45, 2.75) is 31.2 Å². The Morgan fingerprint density at radius 3 is 2.70 bits per heavy atom. The van der Waals surface area contributed by atoms with E-state index >= 15 is 0 Å². The smallest absolute Gasteiger partial charge is 0.236 e. The number of hydrogen-bond donors (Lipinski definition) is 2. The van der Waals surface area contributed by atoms with Crippen molar-refractivity contribution in [1.29, 1.82) is 0 Å². The molecule has 0 spiro atoms. The quantitative estimate of drug-likeness (QED) is 0.891. The maximum Gasteiger partial charge on any atom is 0.236 e. The lowest BCUT2D eigenvalue weighted by Crippen LogP contribution is -2.48. The van der Waals surface area contributed by atoms with Crippen molar-refractivity contribution in [2.24, 2.45) is 5.73 Å². The number of rotatable bonds is 4. The summed E-state index contributed by atoms with van der Waals surface area (Å²) in [6.45, 7) is 3.58. The largest absolute Gasteiger partial charge is 0.381 e. The van der Waals surface area contributed by atoms with Crippen molar-refractivity contribution in [3.05, 3.63) is 34.9 Å². The predicted molar refractivity (Wildman–Crippen MR) is 79.8 cm³/mol. The molecule has 0 bridgehead atoms. The van der Waals surface area contributed by atoms with E-state index in [0.29, 0.717) is 19.8 Å². The van der Waals surface area contributed by atoms with E-state index in [1.165, 1.54) is 0 Å². The summed E-state index contributed by atoms with van der Waals surface area (Å²) >= 11 is 6.35. The van der Waals surface area contributed by atoms with Crippen molar-refractivity contribution in [3.63, 3.8) is 0 Å². The fourth-order valence-corrected chi connectivity index (χ4v) is 2.95. The molecule has 1 atom stereocenters. The first kappa shape index (κ1) is 15.3. The lowest BCUT2D eigenvalue weighted by atomic mass is 9.74. The average molecular weight is 297 g/mol. The summed E-state index contributed by atoms with van der Waals surface area (Å²) in [5.74, 6) is -0.136. The fraction of sp³-hybridized carbons (Fsp3) is 0.533.